The highest BCUT2D eigenvalue weighted by molar-refractivity contribution is 6.25. The summed E-state index contributed by atoms with van der Waals surface area (Å²) in [6.07, 6.45) is 0. The summed E-state index contributed by atoms with van der Waals surface area (Å²) in [6, 6.07) is -29.6. The van der Waals surface area contributed by atoms with Gasteiger partial charge in [0.25, 0.3) is 0 Å². The van der Waals surface area contributed by atoms with Gasteiger partial charge in [0.05, 0.1) is 41.1 Å². The molecule has 1 heteroatoms. The molecule has 1 heterocycles. The van der Waals surface area contributed by atoms with E-state index in [1.807, 2.05) is 0 Å². The minimum absolute atomic E-state index is 0.619. The molecule has 10 rings (SSSR count). The first-order valence-corrected chi connectivity index (χ1v) is 14.4. The molecular weight excluding hydrogens is 593 g/mol. The normalized spacial score (nSPS) is 20.2. The van der Waals surface area contributed by atoms with E-state index < -0.39 is 280 Å². The van der Waals surface area contributed by atoms with E-state index in [9.17, 15) is 13.7 Å². The van der Waals surface area contributed by atoms with Crippen LogP contribution in [0, 0.1) is 0 Å². The predicted molar refractivity (Wildman–Crippen MR) is 208 cm³/mol. The van der Waals surface area contributed by atoms with Gasteiger partial charge < -0.3 is 4.42 Å². The summed E-state index contributed by atoms with van der Waals surface area (Å²) in [5, 5.41) is -5.99. The third-order valence-corrected chi connectivity index (χ3v) is 7.95. The molecule has 0 aliphatic rings. The topological polar surface area (TPSA) is 13.1 Å². The summed E-state index contributed by atoms with van der Waals surface area (Å²) < 4.78 is 277. The zero-order valence-corrected chi connectivity index (χ0v) is 24.4. The lowest BCUT2D eigenvalue weighted by molar-refractivity contribution is 0.669. The maximum Gasteiger partial charge on any atom is 0.136 e. The second-order valence-corrected chi connectivity index (χ2v) is 10.5. The molecule has 0 aliphatic heterocycles. The third kappa shape index (κ3) is 4.33. The van der Waals surface area contributed by atoms with Gasteiger partial charge in [-0.2, -0.15) is 0 Å². The zero-order chi connectivity index (χ0) is 58.4. The van der Waals surface area contributed by atoms with Gasteiger partial charge in [0.1, 0.15) is 11.2 Å². The van der Waals surface area contributed by atoms with Gasteiger partial charge in [0.15, 0.2) is 0 Å². The van der Waals surface area contributed by atoms with Crippen molar-refractivity contribution in [3.05, 3.63) is 181 Å². The van der Waals surface area contributed by atoms with Crippen molar-refractivity contribution >= 4 is 54.3 Å². The van der Waals surface area contributed by atoms with E-state index in [-0.39, 0.29) is 0 Å². The van der Waals surface area contributed by atoms with Gasteiger partial charge in [-0.1, -0.05) is 163 Å². The van der Waals surface area contributed by atoms with E-state index in [1.165, 1.54) is 0 Å². The third-order valence-electron chi connectivity index (χ3n) is 7.95. The Kier molecular flexibility index (Phi) is 2.50. The molecule has 228 valence electrons. The summed E-state index contributed by atoms with van der Waals surface area (Å²) in [5.74, 6) is 0. The highest BCUT2D eigenvalue weighted by atomic mass is 16.3. The summed E-state index contributed by atoms with van der Waals surface area (Å²) in [4.78, 5) is 0. The molecular formula is C48H30O. The molecule has 1 nitrogen and oxygen atoms in total. The minimum Gasteiger partial charge on any atom is -0.456 e. The lowest BCUT2D eigenvalue weighted by atomic mass is 9.83. The Bertz CT molecular complexity index is 4460. The molecule has 0 radical (unpaired) electrons. The Morgan fingerprint density at radius 3 is 1.49 bits per heavy atom. The first-order chi connectivity index (χ1) is 36.8. The van der Waals surface area contributed by atoms with Crippen LogP contribution in [0.1, 0.15) is 41.1 Å². The Morgan fingerprint density at radius 1 is 0.306 bits per heavy atom. The van der Waals surface area contributed by atoms with E-state index >= 15 is 0 Å². The summed E-state index contributed by atoms with van der Waals surface area (Å²) in [5.41, 5.74) is -7.68. The van der Waals surface area contributed by atoms with Crippen LogP contribution in [-0.2, 0) is 0 Å². The average molecular weight is 653 g/mol. The molecule has 49 heavy (non-hydrogen) atoms. The number of furan rings is 1. The first-order valence-electron chi connectivity index (χ1n) is 29.4. The number of rotatable bonds is 4. The SMILES string of the molecule is [2H]c1c([2H])c([2H])c(-c2c([2H])c([2H])c3oc4c([2H])c([2H])c([2H])c(-c5c([2H])c([2H])c(-c6c7c([2H])c([2H])c([2H])c([2H])c7c(-c7c([2H])c([2H])c([2H])c([2H])c7[2H])c7c([2H])c([2H])c([2H])c([2H])c67)c6c([2H])c([2H])c([2H])c([2H])c56)c4c3c2[2H])c([2H])c1[2H]. The Morgan fingerprint density at radius 2 is 0.837 bits per heavy atom. The summed E-state index contributed by atoms with van der Waals surface area (Å²) in [6.45, 7) is 0. The molecule has 0 atom stereocenters. The minimum atomic E-state index is -1.16. The van der Waals surface area contributed by atoms with Crippen LogP contribution in [-0.4, -0.2) is 0 Å². The lowest BCUT2D eigenvalue weighted by Crippen LogP contribution is -1.92. The fourth-order valence-corrected chi connectivity index (χ4v) is 5.95. The molecule has 0 bridgehead atoms. The van der Waals surface area contributed by atoms with Crippen molar-refractivity contribution in [1.29, 1.82) is 0 Å². The lowest BCUT2D eigenvalue weighted by Gasteiger charge is -2.19. The molecule has 9 aromatic carbocycles. The van der Waals surface area contributed by atoms with Gasteiger partial charge in [0.2, 0.25) is 0 Å². The Labute approximate surface area is 326 Å². The zero-order valence-electron chi connectivity index (χ0n) is 54.4. The van der Waals surface area contributed by atoms with Crippen LogP contribution in [0.3, 0.4) is 0 Å². The second kappa shape index (κ2) is 11.1. The van der Waals surface area contributed by atoms with Gasteiger partial charge in [-0.05, 0) is 95.0 Å². The van der Waals surface area contributed by atoms with Crippen molar-refractivity contribution in [2.45, 2.75) is 0 Å². The summed E-state index contributed by atoms with van der Waals surface area (Å²) in [7, 11) is 0. The van der Waals surface area contributed by atoms with Crippen LogP contribution in [0.5, 0.6) is 0 Å². The molecule has 0 fully saturated rings. The van der Waals surface area contributed by atoms with Gasteiger partial charge in [0, 0.05) is 10.8 Å². The molecule has 0 saturated carbocycles. The first kappa shape index (κ1) is 11.1. The van der Waals surface area contributed by atoms with E-state index in [0.717, 1.165) is 0 Å². The molecule has 10 aromatic rings. The maximum atomic E-state index is 10.0. The maximum absolute atomic E-state index is 10.0. The smallest absolute Gasteiger partial charge is 0.136 e. The van der Waals surface area contributed by atoms with Crippen molar-refractivity contribution < 1.29 is 45.5 Å². The van der Waals surface area contributed by atoms with Crippen molar-refractivity contribution in [2.24, 2.45) is 0 Å². The predicted octanol–water partition coefficient (Wildman–Crippen LogP) is 13.7. The fourth-order valence-electron chi connectivity index (χ4n) is 5.95. The van der Waals surface area contributed by atoms with E-state index in [4.69, 9.17) is 31.8 Å². The Balaban J connectivity index is 1.52. The highest BCUT2D eigenvalue weighted by Gasteiger charge is 2.20. The molecule has 0 spiro atoms. The van der Waals surface area contributed by atoms with Crippen LogP contribution in [0.2, 0.25) is 0 Å². The molecule has 0 unspecified atom stereocenters. The fraction of sp³-hybridized carbons (Fsp3) is 0. The standard InChI is InChI=1S/C48H30O/c1-3-14-31(15-4-1)33-26-29-44-43(30-33)48-37(24-13-25-45(48)49-44)36-27-28-42(35-19-8-7-18-34(35)36)47-40-22-11-9-20-38(40)46(32-16-5-2-6-17-32)39-21-10-12-23-41(39)47/h1-30H/i1D,2D,3D,4D,5D,6D,7D,8D,9D,10D,11D,12D,13D,14D,15D,16D,17D,18D,19D,20D,21D,22D,23D,24D,25D,26D,27D,28D,29D,30D. The van der Waals surface area contributed by atoms with Crippen molar-refractivity contribution in [2.75, 3.05) is 0 Å². The molecule has 0 amide bonds. The van der Waals surface area contributed by atoms with Crippen LogP contribution in [0.4, 0.5) is 0 Å². The summed E-state index contributed by atoms with van der Waals surface area (Å²) >= 11 is 0. The van der Waals surface area contributed by atoms with Gasteiger partial charge in [-0.25, -0.2) is 0 Å². The average Bonchev–Trinajstić information content (AvgIpc) is 4.00. The monoisotopic (exact) mass is 652 g/mol. The van der Waals surface area contributed by atoms with Crippen LogP contribution < -0.4 is 0 Å². The van der Waals surface area contributed by atoms with Gasteiger partial charge >= 0.3 is 0 Å². The molecule has 0 saturated heterocycles. The molecule has 0 N–H and O–H groups in total. The van der Waals surface area contributed by atoms with Gasteiger partial charge in [-0.15, -0.1) is 0 Å². The number of fused-ring (bicyclic) bond motifs is 6. The molecule has 0 aliphatic carbocycles. The largest absolute Gasteiger partial charge is 0.456 e. The van der Waals surface area contributed by atoms with Crippen LogP contribution >= 0.6 is 0 Å². The van der Waals surface area contributed by atoms with Gasteiger partial charge in [-0.3, -0.25) is 0 Å². The quantitative estimate of drug-likeness (QED) is 0.172. The van der Waals surface area contributed by atoms with Crippen molar-refractivity contribution in [3.8, 4) is 44.5 Å². The van der Waals surface area contributed by atoms with Crippen LogP contribution in [0.15, 0.2) is 186 Å². The highest BCUT2D eigenvalue weighted by Crippen LogP contribution is 2.47. The van der Waals surface area contributed by atoms with E-state index in [1.54, 1.807) is 0 Å². The molecule has 1 aromatic heterocycles. The van der Waals surface area contributed by atoms with Crippen molar-refractivity contribution in [3.63, 3.8) is 0 Å². The second-order valence-electron chi connectivity index (χ2n) is 10.5. The van der Waals surface area contributed by atoms with E-state index in [2.05, 4.69) is 0 Å². The van der Waals surface area contributed by atoms with Crippen LogP contribution in [0.25, 0.3) is 98.8 Å². The number of hydrogen-bond donors (Lipinski definition) is 0. The van der Waals surface area contributed by atoms with Crippen molar-refractivity contribution in [1.82, 2.24) is 0 Å². The van der Waals surface area contributed by atoms with E-state index in [0.29, 0.717) is 0 Å². The Hall–Kier alpha value is -6.44. The number of benzene rings is 9. The number of hydrogen-bond acceptors (Lipinski definition) is 1.